The van der Waals surface area contributed by atoms with Gasteiger partial charge in [0.25, 0.3) is 15.6 Å². The number of halogens is 2. The summed E-state index contributed by atoms with van der Waals surface area (Å²) in [6.45, 7) is -5.50. The third kappa shape index (κ3) is 9.63. The molecule has 2 unspecified atom stereocenters. The van der Waals surface area contributed by atoms with E-state index in [2.05, 4.69) is 19.7 Å². The van der Waals surface area contributed by atoms with E-state index in [4.69, 9.17) is 38.0 Å². The first-order valence-electron chi connectivity index (χ1n) is 18.4. The van der Waals surface area contributed by atoms with E-state index in [1.165, 1.54) is 66.3 Å². The molecule has 0 aliphatic carbocycles. The first-order valence-corrected chi connectivity index (χ1v) is 24.5. The largest absolute Gasteiger partial charge is 0.472 e. The van der Waals surface area contributed by atoms with Crippen molar-refractivity contribution in [3.8, 4) is 5.75 Å². The number of hydrogen-bond donors (Lipinski definition) is 4. The second kappa shape index (κ2) is 17.6. The van der Waals surface area contributed by atoms with E-state index >= 15 is 8.78 Å². The molecule has 3 fully saturated rings. The average molecular weight is 959 g/mol. The molecule has 3 aromatic heterocycles. The van der Waals surface area contributed by atoms with Gasteiger partial charge in [0.2, 0.25) is 0 Å². The molecule has 4 bridgehead atoms. The summed E-state index contributed by atoms with van der Waals surface area (Å²) in [5.41, 5.74) is 4.68. The molecule has 29 heteroatoms. The van der Waals surface area contributed by atoms with Gasteiger partial charge in [-0.05, 0) is 53.3 Å². The summed E-state index contributed by atoms with van der Waals surface area (Å²) in [5.74, 6) is -0.630. The van der Waals surface area contributed by atoms with Crippen molar-refractivity contribution in [1.82, 2.24) is 29.1 Å². The Hall–Kier alpha value is -4.92. The van der Waals surface area contributed by atoms with Gasteiger partial charge in [-0.25, -0.2) is 46.1 Å². The highest BCUT2D eigenvalue weighted by Gasteiger charge is 2.55. The minimum atomic E-state index is -5.33. The maximum Gasteiger partial charge on any atom is 0.472 e. The number of hydrogen-bond acceptors (Lipinski definition) is 19. The van der Waals surface area contributed by atoms with Crippen molar-refractivity contribution in [3.05, 3.63) is 99.9 Å². The van der Waals surface area contributed by atoms with Gasteiger partial charge >= 0.3 is 26.3 Å². The van der Waals surface area contributed by atoms with Crippen molar-refractivity contribution in [1.29, 1.82) is 0 Å². The standard InChI is InChI=1S/C34H34F2N8O15P2S2/c1-17(45)55-20-6-4-19(5-7-20)42-63(51,52)21-8-2-18(3-9-21)14-62-61(50)54-13-23-25(35)28(32(56-23)43-11-10-24(46)41-34(43)47)58-60(48,49)53-12-22-26(36)29(59-61)33(57-22)44-16-40-27-30(37)38-15-39-31(27)44/h2-11,15-16,22-23,25-26,28-29,32-33,42H,12-14H2,1H3,(H,48,49)(H2,37,38,39)(H,41,46,47)/t22-,23-,25-,26-,28-,29-,32-,33-,61?/m1/s1. The number of anilines is 2. The topological polar surface area (TPSA) is 307 Å². The lowest BCUT2D eigenvalue weighted by atomic mass is 10.1. The van der Waals surface area contributed by atoms with Crippen molar-refractivity contribution < 1.29 is 68.3 Å². The molecule has 8 rings (SSSR count). The van der Waals surface area contributed by atoms with Gasteiger partial charge in [-0.1, -0.05) is 12.1 Å². The number of ether oxygens (including phenoxy) is 3. The first-order chi connectivity index (χ1) is 29.9. The van der Waals surface area contributed by atoms with Gasteiger partial charge in [0.15, 0.2) is 36.3 Å². The van der Waals surface area contributed by atoms with E-state index in [-0.39, 0.29) is 39.1 Å². The fourth-order valence-corrected chi connectivity index (χ4v) is 12.0. The Kier molecular flexibility index (Phi) is 12.5. The normalized spacial score (nSPS) is 30.2. The molecule has 63 heavy (non-hydrogen) atoms. The average Bonchev–Trinajstić information content (AvgIpc) is 3.89. The summed E-state index contributed by atoms with van der Waals surface area (Å²) in [6, 6.07) is 11.8. The molecule has 3 aliphatic heterocycles. The number of carbonyl (C=O) groups excluding carboxylic acids is 1. The van der Waals surface area contributed by atoms with Crippen LogP contribution in [0.3, 0.4) is 0 Å². The number of benzene rings is 2. The molecule has 3 saturated heterocycles. The summed E-state index contributed by atoms with van der Waals surface area (Å²) < 4.78 is 130. The summed E-state index contributed by atoms with van der Waals surface area (Å²) in [7, 11) is -9.47. The van der Waals surface area contributed by atoms with Crippen LogP contribution in [0, 0.1) is 0 Å². The smallest absolute Gasteiger partial charge is 0.427 e. The number of esters is 1. The Morgan fingerprint density at radius 3 is 2.27 bits per heavy atom. The van der Waals surface area contributed by atoms with Gasteiger partial charge in [0, 0.05) is 30.6 Å². The first kappa shape index (κ1) is 44.7. The highest BCUT2D eigenvalue weighted by molar-refractivity contribution is 8.54. The molecule has 3 aliphatic rings. The number of aromatic nitrogens is 6. The van der Waals surface area contributed by atoms with Crippen molar-refractivity contribution in [2.45, 2.75) is 66.8 Å². The van der Waals surface area contributed by atoms with E-state index in [0.29, 0.717) is 21.5 Å². The van der Waals surface area contributed by atoms with E-state index in [9.17, 15) is 36.8 Å². The maximum absolute atomic E-state index is 16.6. The number of nitrogens with zero attached hydrogens (tertiary/aromatic N) is 5. The Bertz CT molecular complexity index is 2860. The van der Waals surface area contributed by atoms with Crippen molar-refractivity contribution in [3.63, 3.8) is 0 Å². The molecule has 0 amide bonds. The summed E-state index contributed by atoms with van der Waals surface area (Å²) >= 11 is 0.505. The second-order valence-corrected chi connectivity index (χ2v) is 21.0. The monoisotopic (exact) mass is 958 g/mol. The van der Waals surface area contributed by atoms with E-state index in [1.54, 1.807) is 0 Å². The SMILES string of the molecule is CC(=O)Oc1ccc(NS(=O)(=O)c2ccc(CSP3(=O)OC[C@H]4O[C@@H](n5ccc(=O)[nH]c5=O)[C@H](OP(=O)(O)OC[C@H]5O[C@@H](n6cnc7c(N)ncnc76)[C@H](O3)[C@@H]5F)[C@@H]4F)cc2)cc1. The fraction of sp³-hybridized carbons (Fsp3) is 0.353. The zero-order valence-electron chi connectivity index (χ0n) is 32.1. The molecule has 0 radical (unpaired) electrons. The van der Waals surface area contributed by atoms with Crippen LogP contribution in [0.5, 0.6) is 5.75 Å². The predicted octanol–water partition coefficient (Wildman–Crippen LogP) is 3.11. The minimum Gasteiger partial charge on any atom is -0.427 e. The number of imidazole rings is 1. The summed E-state index contributed by atoms with van der Waals surface area (Å²) in [5, 5.41) is 0. The molecule has 5 aromatic rings. The van der Waals surface area contributed by atoms with Gasteiger partial charge in [0.05, 0.1) is 24.4 Å². The number of nitrogen functional groups attached to an aromatic ring is 1. The van der Waals surface area contributed by atoms with Crippen LogP contribution in [0.25, 0.3) is 11.2 Å². The van der Waals surface area contributed by atoms with Crippen LogP contribution in [0.15, 0.2) is 87.9 Å². The highest BCUT2D eigenvalue weighted by Crippen LogP contribution is 2.65. The number of phosphoric acid groups is 1. The van der Waals surface area contributed by atoms with Crippen molar-refractivity contribution in [2.75, 3.05) is 23.7 Å². The zero-order valence-corrected chi connectivity index (χ0v) is 35.5. The van der Waals surface area contributed by atoms with Gasteiger partial charge < -0.3 is 24.8 Å². The van der Waals surface area contributed by atoms with Gasteiger partial charge in [-0.3, -0.25) is 46.5 Å². The van der Waals surface area contributed by atoms with E-state index in [0.717, 1.165) is 18.6 Å². The number of phosphoric ester groups is 1. The Balaban J connectivity index is 1.08. The summed E-state index contributed by atoms with van der Waals surface area (Å²) in [4.78, 5) is 60.4. The quantitative estimate of drug-likeness (QED) is 0.0937. The van der Waals surface area contributed by atoms with Gasteiger partial charge in [0.1, 0.15) is 42.0 Å². The number of alkyl halides is 2. The molecule has 2 aromatic carbocycles. The minimum absolute atomic E-state index is 0.0328. The lowest BCUT2D eigenvalue weighted by molar-refractivity contribution is -0.131. The van der Waals surface area contributed by atoms with Crippen LogP contribution in [0.1, 0.15) is 24.9 Å². The van der Waals surface area contributed by atoms with Crippen LogP contribution in [0.4, 0.5) is 20.3 Å². The van der Waals surface area contributed by atoms with Crippen LogP contribution < -0.4 is 26.4 Å². The number of aromatic amines is 1. The van der Waals surface area contributed by atoms with Crippen LogP contribution in [0.2, 0.25) is 0 Å². The molecule has 23 nitrogen and oxygen atoms in total. The van der Waals surface area contributed by atoms with Crippen molar-refractivity contribution in [2.24, 2.45) is 0 Å². The molecular weight excluding hydrogens is 924 g/mol. The third-order valence-corrected chi connectivity index (χ3v) is 15.6. The van der Waals surface area contributed by atoms with Gasteiger partial charge in [-0.2, -0.15) is 0 Å². The molecule has 6 heterocycles. The number of H-pyrrole nitrogens is 1. The fourth-order valence-electron chi connectivity index (χ4n) is 6.67. The lowest BCUT2D eigenvalue weighted by Gasteiger charge is -2.27. The molecule has 336 valence electrons. The Labute approximate surface area is 357 Å². The number of carbonyl (C=O) groups is 1. The number of fused-ring (bicyclic) bond motifs is 5. The van der Waals surface area contributed by atoms with Crippen molar-refractivity contribution >= 4 is 64.7 Å². The number of nitrogens with one attached hydrogen (secondary N) is 2. The van der Waals surface area contributed by atoms with Crippen LogP contribution in [-0.4, -0.2) is 98.3 Å². The van der Waals surface area contributed by atoms with E-state index < -0.39 is 104 Å². The third-order valence-electron chi connectivity index (χ3n) is 9.61. The Morgan fingerprint density at radius 1 is 0.952 bits per heavy atom. The number of rotatable bonds is 9. The van der Waals surface area contributed by atoms with Crippen LogP contribution >= 0.6 is 26.0 Å². The second-order valence-electron chi connectivity index (χ2n) is 13.9. The molecule has 0 saturated carbocycles. The van der Waals surface area contributed by atoms with Gasteiger partial charge in [-0.15, -0.1) is 0 Å². The lowest BCUT2D eigenvalue weighted by Crippen LogP contribution is -2.38. The number of nitrogens with two attached hydrogens (primary N) is 1. The Morgan fingerprint density at radius 2 is 1.60 bits per heavy atom. The van der Waals surface area contributed by atoms with E-state index in [1.807, 2.05) is 4.98 Å². The summed E-state index contributed by atoms with van der Waals surface area (Å²) in [6.07, 6.45) is -12.4. The maximum atomic E-state index is 16.6. The molecule has 5 N–H and O–H groups in total. The molecule has 0 spiro atoms. The zero-order chi connectivity index (χ0) is 44.8. The molecular formula is C34H34F2N8O15P2S2. The number of sulfonamides is 1. The molecule has 10 atom stereocenters. The highest BCUT2D eigenvalue weighted by atomic mass is 32.7. The van der Waals surface area contributed by atoms with Crippen LogP contribution in [-0.2, 0) is 57.3 Å². The predicted molar refractivity (Wildman–Crippen MR) is 214 cm³/mol.